The fourth-order valence-electron chi connectivity index (χ4n) is 3.28. The predicted molar refractivity (Wildman–Crippen MR) is 123 cm³/mol. The van der Waals surface area contributed by atoms with Crippen molar-refractivity contribution in [3.05, 3.63) is 61.1 Å². The van der Waals surface area contributed by atoms with Gasteiger partial charge in [-0.15, -0.1) is 0 Å². The highest BCUT2D eigenvalue weighted by atomic mass is 32.2. The van der Waals surface area contributed by atoms with E-state index in [0.29, 0.717) is 28.0 Å². The molecule has 4 aromatic rings. The van der Waals surface area contributed by atoms with Crippen LogP contribution in [0.4, 0.5) is 10.5 Å². The van der Waals surface area contributed by atoms with Crippen LogP contribution in [0.3, 0.4) is 0 Å². The summed E-state index contributed by atoms with van der Waals surface area (Å²) in [6.45, 7) is 3.74. The smallest absolute Gasteiger partial charge is 0.333 e. The first-order chi connectivity index (χ1) is 15.8. The van der Waals surface area contributed by atoms with Gasteiger partial charge in [0.1, 0.15) is 0 Å². The van der Waals surface area contributed by atoms with E-state index in [9.17, 15) is 13.2 Å². The van der Waals surface area contributed by atoms with Gasteiger partial charge in [0.2, 0.25) is 5.88 Å². The lowest BCUT2D eigenvalue weighted by atomic mass is 10.0. The number of benzene rings is 1. The maximum absolute atomic E-state index is 12.8. The Kier molecular flexibility index (Phi) is 5.97. The van der Waals surface area contributed by atoms with Gasteiger partial charge in [-0.05, 0) is 49.7 Å². The van der Waals surface area contributed by atoms with Gasteiger partial charge in [-0.1, -0.05) is 6.07 Å². The molecule has 0 saturated heterocycles. The highest BCUT2D eigenvalue weighted by Gasteiger charge is 2.22. The van der Waals surface area contributed by atoms with Gasteiger partial charge < -0.3 is 10.1 Å². The highest BCUT2D eigenvalue weighted by molar-refractivity contribution is 7.90. The molecule has 3 heterocycles. The molecule has 0 spiro atoms. The van der Waals surface area contributed by atoms with E-state index >= 15 is 0 Å². The molecule has 0 atom stereocenters. The van der Waals surface area contributed by atoms with E-state index in [1.165, 1.54) is 17.9 Å². The summed E-state index contributed by atoms with van der Waals surface area (Å²) in [5.41, 5.74) is 2.40. The Morgan fingerprint density at radius 3 is 2.64 bits per heavy atom. The zero-order valence-corrected chi connectivity index (χ0v) is 19.0. The van der Waals surface area contributed by atoms with Crippen molar-refractivity contribution in [2.24, 2.45) is 0 Å². The van der Waals surface area contributed by atoms with Crippen molar-refractivity contribution in [2.75, 3.05) is 12.4 Å². The molecule has 1 aromatic carbocycles. The van der Waals surface area contributed by atoms with Crippen LogP contribution in [0.1, 0.15) is 19.9 Å². The van der Waals surface area contributed by atoms with E-state index in [1.54, 1.807) is 48.9 Å². The predicted octanol–water partition coefficient (Wildman–Crippen LogP) is 3.59. The Labute approximate surface area is 190 Å². The standard InChI is InChI=1S/C22H22N6O4S/c1-14(2)28-12-9-20(26-28)33(30,31)27-22(29)25-21-16(15-8-11-24-19(13-15)32-3)6-7-18-17(21)5-4-10-23-18/h4-14H,1-3H3,(H2,25,27,29). The summed E-state index contributed by atoms with van der Waals surface area (Å²) in [6, 6.07) is 11.0. The van der Waals surface area contributed by atoms with E-state index in [1.807, 2.05) is 24.6 Å². The van der Waals surface area contributed by atoms with E-state index in [-0.39, 0.29) is 11.1 Å². The van der Waals surface area contributed by atoms with Crippen LogP contribution < -0.4 is 14.8 Å². The topological polar surface area (TPSA) is 128 Å². The van der Waals surface area contributed by atoms with Crippen LogP contribution in [0.5, 0.6) is 5.88 Å². The third kappa shape index (κ3) is 4.62. The number of rotatable bonds is 6. The number of urea groups is 1. The van der Waals surface area contributed by atoms with Crippen molar-refractivity contribution < 1.29 is 17.9 Å². The van der Waals surface area contributed by atoms with Crippen LogP contribution in [0.2, 0.25) is 0 Å². The first-order valence-corrected chi connectivity index (χ1v) is 11.5. The molecular weight excluding hydrogens is 444 g/mol. The molecule has 0 saturated carbocycles. The number of hydrogen-bond acceptors (Lipinski definition) is 7. The zero-order valence-electron chi connectivity index (χ0n) is 18.2. The second-order valence-corrected chi connectivity index (χ2v) is 9.06. The molecule has 2 amide bonds. The molecule has 0 fully saturated rings. The Hall–Kier alpha value is -3.99. The van der Waals surface area contributed by atoms with Crippen LogP contribution in [-0.2, 0) is 10.0 Å². The number of hydrogen-bond donors (Lipinski definition) is 2. The molecule has 0 aliphatic heterocycles. The normalized spacial score (nSPS) is 11.5. The maximum atomic E-state index is 12.8. The number of anilines is 1. The summed E-state index contributed by atoms with van der Waals surface area (Å²) in [5, 5.41) is 7.11. The van der Waals surface area contributed by atoms with Crippen LogP contribution >= 0.6 is 0 Å². The highest BCUT2D eigenvalue weighted by Crippen LogP contribution is 2.35. The number of carbonyl (C=O) groups excluding carboxylic acids is 1. The number of carbonyl (C=O) groups is 1. The van der Waals surface area contributed by atoms with Gasteiger partial charge in [-0.2, -0.15) is 13.5 Å². The third-order valence-corrected chi connectivity index (χ3v) is 6.12. The van der Waals surface area contributed by atoms with Crippen LogP contribution in [-0.4, -0.2) is 41.3 Å². The summed E-state index contributed by atoms with van der Waals surface area (Å²) >= 11 is 0. The number of methoxy groups -OCH3 is 1. The number of nitrogens with one attached hydrogen (secondary N) is 2. The maximum Gasteiger partial charge on any atom is 0.333 e. The average Bonchev–Trinajstić information content (AvgIpc) is 3.31. The second kappa shape index (κ2) is 8.87. The number of ether oxygens (including phenoxy) is 1. The lowest BCUT2D eigenvalue weighted by molar-refractivity contribution is 0.256. The number of amides is 2. The SMILES string of the molecule is COc1cc(-c2ccc3ncccc3c2NC(=O)NS(=O)(=O)c2ccn(C(C)C)n2)ccn1. The van der Waals surface area contributed by atoms with Crippen LogP contribution in [0.25, 0.3) is 22.0 Å². The monoisotopic (exact) mass is 466 g/mol. The molecule has 11 heteroatoms. The molecule has 0 radical (unpaired) electrons. The lowest BCUT2D eigenvalue weighted by Crippen LogP contribution is -2.35. The fourth-order valence-corrected chi connectivity index (χ4v) is 4.12. The summed E-state index contributed by atoms with van der Waals surface area (Å²) in [5.74, 6) is 0.400. The molecule has 3 aromatic heterocycles. The van der Waals surface area contributed by atoms with Gasteiger partial charge in [-0.3, -0.25) is 9.67 Å². The van der Waals surface area contributed by atoms with Gasteiger partial charge in [0.25, 0.3) is 10.0 Å². The molecule has 10 nitrogen and oxygen atoms in total. The third-order valence-electron chi connectivity index (χ3n) is 4.89. The molecule has 170 valence electrons. The van der Waals surface area contributed by atoms with Gasteiger partial charge in [0.15, 0.2) is 5.03 Å². The Morgan fingerprint density at radius 1 is 1.09 bits per heavy atom. The number of pyridine rings is 2. The van der Waals surface area contributed by atoms with Gasteiger partial charge >= 0.3 is 6.03 Å². The minimum Gasteiger partial charge on any atom is -0.481 e. The second-order valence-electron chi connectivity index (χ2n) is 7.43. The number of sulfonamides is 1. The molecule has 33 heavy (non-hydrogen) atoms. The van der Waals surface area contributed by atoms with Gasteiger partial charge in [0, 0.05) is 41.6 Å². The largest absolute Gasteiger partial charge is 0.481 e. The van der Waals surface area contributed by atoms with Gasteiger partial charge in [-0.25, -0.2) is 14.5 Å². The Bertz CT molecular complexity index is 1430. The van der Waals surface area contributed by atoms with Gasteiger partial charge in [0.05, 0.1) is 18.3 Å². The van der Waals surface area contributed by atoms with Crippen molar-refractivity contribution >= 4 is 32.6 Å². The first kappa shape index (κ1) is 22.2. The zero-order chi connectivity index (χ0) is 23.6. The number of nitrogens with zero attached hydrogens (tertiary/aromatic N) is 4. The number of aromatic nitrogens is 4. The van der Waals surface area contributed by atoms with Crippen molar-refractivity contribution in [3.8, 4) is 17.0 Å². The molecule has 0 aliphatic rings. The molecule has 2 N–H and O–H groups in total. The lowest BCUT2D eigenvalue weighted by Gasteiger charge is -2.15. The Morgan fingerprint density at radius 2 is 1.91 bits per heavy atom. The minimum absolute atomic E-state index is 0.0223. The van der Waals surface area contributed by atoms with Crippen molar-refractivity contribution in [1.29, 1.82) is 0 Å². The van der Waals surface area contributed by atoms with E-state index in [4.69, 9.17) is 4.74 Å². The van der Waals surface area contributed by atoms with Crippen LogP contribution in [0, 0.1) is 0 Å². The molecular formula is C22H22N6O4S. The van der Waals surface area contributed by atoms with Crippen molar-refractivity contribution in [2.45, 2.75) is 24.9 Å². The summed E-state index contributed by atoms with van der Waals surface area (Å²) in [7, 11) is -2.66. The minimum atomic E-state index is -4.17. The van der Waals surface area contributed by atoms with E-state index in [0.717, 1.165) is 5.56 Å². The van der Waals surface area contributed by atoms with Crippen LogP contribution in [0.15, 0.2) is 66.1 Å². The molecule has 0 unspecified atom stereocenters. The fraction of sp³-hybridized carbons (Fsp3) is 0.182. The quantitative estimate of drug-likeness (QED) is 0.444. The summed E-state index contributed by atoms with van der Waals surface area (Å²) < 4.78 is 34.1. The number of fused-ring (bicyclic) bond motifs is 1. The molecule has 0 bridgehead atoms. The summed E-state index contributed by atoms with van der Waals surface area (Å²) in [4.78, 5) is 21.2. The molecule has 4 rings (SSSR count). The Balaban J connectivity index is 1.70. The first-order valence-electron chi connectivity index (χ1n) is 10.1. The van der Waals surface area contributed by atoms with E-state index in [2.05, 4.69) is 20.4 Å². The van der Waals surface area contributed by atoms with Crippen molar-refractivity contribution in [3.63, 3.8) is 0 Å². The molecule has 0 aliphatic carbocycles. The van der Waals surface area contributed by atoms with Crippen molar-refractivity contribution in [1.82, 2.24) is 24.5 Å². The van der Waals surface area contributed by atoms with E-state index < -0.39 is 16.1 Å². The summed E-state index contributed by atoms with van der Waals surface area (Å²) in [6.07, 6.45) is 4.76. The average molecular weight is 467 g/mol.